The van der Waals surface area contributed by atoms with Crippen molar-refractivity contribution in [3.63, 3.8) is 0 Å². The topological polar surface area (TPSA) is 76.7 Å². The van der Waals surface area contributed by atoms with E-state index in [1.807, 2.05) is 19.1 Å². The molecule has 0 bridgehead atoms. The van der Waals surface area contributed by atoms with Gasteiger partial charge in [0, 0.05) is 11.3 Å². The number of hydrogen-bond acceptors (Lipinski definition) is 4. The summed E-state index contributed by atoms with van der Waals surface area (Å²) in [4.78, 5) is 24.4. The maximum absolute atomic E-state index is 12.9. The zero-order valence-corrected chi connectivity index (χ0v) is 16.6. The maximum atomic E-state index is 12.9. The monoisotopic (exact) mass is 408 g/mol. The van der Waals surface area contributed by atoms with Gasteiger partial charge in [-0.25, -0.2) is 4.39 Å². The SMILES string of the molecule is COc1ccc(C)cc1NC(=O)c1ccc(OCC(=O)Nc2ccc(F)cc2)cc1. The van der Waals surface area contributed by atoms with Crippen LogP contribution in [0, 0.1) is 12.7 Å². The minimum Gasteiger partial charge on any atom is -0.495 e. The van der Waals surface area contributed by atoms with Gasteiger partial charge in [0.1, 0.15) is 17.3 Å². The summed E-state index contributed by atoms with van der Waals surface area (Å²) in [6.45, 7) is 1.71. The molecule has 7 heteroatoms. The third kappa shape index (κ3) is 5.57. The predicted octanol–water partition coefficient (Wildman–Crippen LogP) is 4.41. The van der Waals surface area contributed by atoms with Crippen molar-refractivity contribution in [2.45, 2.75) is 6.92 Å². The highest BCUT2D eigenvalue weighted by Gasteiger charge is 2.11. The van der Waals surface area contributed by atoms with Crippen LogP contribution in [0.2, 0.25) is 0 Å². The fraction of sp³-hybridized carbons (Fsp3) is 0.130. The molecule has 3 aromatic carbocycles. The van der Waals surface area contributed by atoms with E-state index in [1.54, 1.807) is 37.4 Å². The second-order valence-corrected chi connectivity index (χ2v) is 6.53. The summed E-state index contributed by atoms with van der Waals surface area (Å²) < 4.78 is 23.6. The molecule has 0 aliphatic rings. The average Bonchev–Trinajstić information content (AvgIpc) is 2.74. The Morgan fingerprint density at radius 3 is 2.30 bits per heavy atom. The van der Waals surface area contributed by atoms with Crippen LogP contribution >= 0.6 is 0 Å². The lowest BCUT2D eigenvalue weighted by Crippen LogP contribution is -2.20. The fourth-order valence-electron chi connectivity index (χ4n) is 2.70. The molecule has 0 radical (unpaired) electrons. The highest BCUT2D eigenvalue weighted by molar-refractivity contribution is 6.05. The molecule has 154 valence electrons. The van der Waals surface area contributed by atoms with Crippen molar-refractivity contribution in [3.05, 3.63) is 83.7 Å². The Kier molecular flexibility index (Phi) is 6.64. The largest absolute Gasteiger partial charge is 0.495 e. The number of carbonyl (C=O) groups is 2. The predicted molar refractivity (Wildman–Crippen MR) is 113 cm³/mol. The summed E-state index contributed by atoms with van der Waals surface area (Å²) in [5.41, 5.74) is 2.49. The molecule has 0 aromatic heterocycles. The van der Waals surface area contributed by atoms with Crippen LogP contribution < -0.4 is 20.1 Å². The maximum Gasteiger partial charge on any atom is 0.262 e. The zero-order chi connectivity index (χ0) is 21.5. The van der Waals surface area contributed by atoms with Gasteiger partial charge in [-0.3, -0.25) is 9.59 Å². The van der Waals surface area contributed by atoms with E-state index < -0.39 is 0 Å². The first-order valence-corrected chi connectivity index (χ1v) is 9.19. The van der Waals surface area contributed by atoms with Gasteiger partial charge in [0.25, 0.3) is 11.8 Å². The Labute approximate surface area is 173 Å². The number of aryl methyl sites for hydroxylation is 1. The van der Waals surface area contributed by atoms with E-state index in [-0.39, 0.29) is 24.2 Å². The molecule has 0 spiro atoms. The molecule has 0 heterocycles. The van der Waals surface area contributed by atoms with E-state index in [9.17, 15) is 14.0 Å². The highest BCUT2D eigenvalue weighted by atomic mass is 19.1. The van der Waals surface area contributed by atoms with Crippen molar-refractivity contribution in [3.8, 4) is 11.5 Å². The molecular weight excluding hydrogens is 387 g/mol. The molecule has 0 saturated heterocycles. The Morgan fingerprint density at radius 2 is 1.63 bits per heavy atom. The molecule has 6 nitrogen and oxygen atoms in total. The molecule has 0 aliphatic heterocycles. The van der Waals surface area contributed by atoms with Gasteiger partial charge in [-0.2, -0.15) is 0 Å². The number of rotatable bonds is 7. The van der Waals surface area contributed by atoms with Crippen LogP contribution in [0.25, 0.3) is 0 Å². The van der Waals surface area contributed by atoms with Gasteiger partial charge < -0.3 is 20.1 Å². The van der Waals surface area contributed by atoms with Gasteiger partial charge in [0.2, 0.25) is 0 Å². The summed E-state index contributed by atoms with van der Waals surface area (Å²) >= 11 is 0. The smallest absolute Gasteiger partial charge is 0.262 e. The van der Waals surface area contributed by atoms with Crippen molar-refractivity contribution in [2.24, 2.45) is 0 Å². The number of ether oxygens (including phenoxy) is 2. The van der Waals surface area contributed by atoms with Crippen LogP contribution in [0.5, 0.6) is 11.5 Å². The molecule has 0 fully saturated rings. The Balaban J connectivity index is 1.55. The molecule has 3 aromatic rings. The van der Waals surface area contributed by atoms with Crippen LogP contribution in [-0.4, -0.2) is 25.5 Å². The number of anilines is 2. The minimum atomic E-state index is -0.380. The van der Waals surface area contributed by atoms with Gasteiger partial charge in [-0.05, 0) is 73.2 Å². The van der Waals surface area contributed by atoms with E-state index in [0.717, 1.165) is 5.56 Å². The van der Waals surface area contributed by atoms with E-state index in [4.69, 9.17) is 9.47 Å². The van der Waals surface area contributed by atoms with E-state index in [1.165, 1.54) is 24.3 Å². The van der Waals surface area contributed by atoms with Crippen molar-refractivity contribution in [1.29, 1.82) is 0 Å². The van der Waals surface area contributed by atoms with Crippen molar-refractivity contribution in [1.82, 2.24) is 0 Å². The van der Waals surface area contributed by atoms with Gasteiger partial charge >= 0.3 is 0 Å². The molecule has 30 heavy (non-hydrogen) atoms. The number of halogens is 1. The first-order chi connectivity index (χ1) is 14.4. The van der Waals surface area contributed by atoms with E-state index in [2.05, 4.69) is 10.6 Å². The molecule has 0 saturated carbocycles. The quantitative estimate of drug-likeness (QED) is 0.607. The second-order valence-electron chi connectivity index (χ2n) is 6.53. The number of carbonyl (C=O) groups excluding carboxylic acids is 2. The standard InChI is InChI=1S/C23H21FN2O4/c1-15-3-12-21(29-2)20(13-15)26-23(28)16-4-10-19(11-5-16)30-14-22(27)25-18-8-6-17(24)7-9-18/h3-13H,14H2,1-2H3,(H,25,27)(H,26,28). The van der Waals surface area contributed by atoms with E-state index >= 15 is 0 Å². The molecule has 2 amide bonds. The summed E-state index contributed by atoms with van der Waals surface area (Å²) in [5, 5.41) is 5.43. The molecule has 0 atom stereocenters. The first kappa shape index (κ1) is 20.9. The van der Waals surface area contributed by atoms with Crippen LogP contribution in [0.3, 0.4) is 0 Å². The zero-order valence-electron chi connectivity index (χ0n) is 16.6. The first-order valence-electron chi connectivity index (χ1n) is 9.19. The van der Waals surface area contributed by atoms with E-state index in [0.29, 0.717) is 28.4 Å². The van der Waals surface area contributed by atoms with Crippen molar-refractivity contribution < 1.29 is 23.5 Å². The Morgan fingerprint density at radius 1 is 0.933 bits per heavy atom. The van der Waals surface area contributed by atoms with Crippen LogP contribution in [0.1, 0.15) is 15.9 Å². The lowest BCUT2D eigenvalue weighted by molar-refractivity contribution is -0.118. The molecule has 0 aliphatic carbocycles. The van der Waals surface area contributed by atoms with Crippen molar-refractivity contribution >= 4 is 23.2 Å². The minimum absolute atomic E-state index is 0.219. The van der Waals surface area contributed by atoms with Crippen LogP contribution in [0.15, 0.2) is 66.7 Å². The van der Waals surface area contributed by atoms with Gasteiger partial charge in [0.05, 0.1) is 12.8 Å². The summed E-state index contributed by atoms with van der Waals surface area (Å²) in [7, 11) is 1.54. The molecule has 0 unspecified atom stereocenters. The molecule has 2 N–H and O–H groups in total. The second kappa shape index (κ2) is 9.56. The third-order valence-corrected chi connectivity index (χ3v) is 4.22. The van der Waals surface area contributed by atoms with Gasteiger partial charge in [-0.15, -0.1) is 0 Å². The fourth-order valence-corrected chi connectivity index (χ4v) is 2.70. The normalized spacial score (nSPS) is 10.2. The summed E-state index contributed by atoms with van der Waals surface area (Å²) in [5.74, 6) is -0.0429. The average molecular weight is 408 g/mol. The molecule has 3 rings (SSSR count). The number of amides is 2. The third-order valence-electron chi connectivity index (χ3n) is 4.22. The summed E-state index contributed by atoms with van der Waals surface area (Å²) in [6, 6.07) is 17.4. The Bertz CT molecular complexity index is 1030. The number of methoxy groups -OCH3 is 1. The number of benzene rings is 3. The number of hydrogen-bond donors (Lipinski definition) is 2. The van der Waals surface area contributed by atoms with Gasteiger partial charge in [-0.1, -0.05) is 6.07 Å². The number of nitrogens with one attached hydrogen (secondary N) is 2. The van der Waals surface area contributed by atoms with Crippen LogP contribution in [0.4, 0.5) is 15.8 Å². The van der Waals surface area contributed by atoms with Crippen LogP contribution in [-0.2, 0) is 4.79 Å². The summed E-state index contributed by atoms with van der Waals surface area (Å²) in [6.07, 6.45) is 0. The lowest BCUT2D eigenvalue weighted by Gasteiger charge is -2.11. The van der Waals surface area contributed by atoms with Gasteiger partial charge in [0.15, 0.2) is 6.61 Å². The highest BCUT2D eigenvalue weighted by Crippen LogP contribution is 2.26. The Hall–Kier alpha value is -3.87. The molecular formula is C23H21FN2O4. The lowest BCUT2D eigenvalue weighted by atomic mass is 10.1. The van der Waals surface area contributed by atoms with Crippen molar-refractivity contribution in [2.75, 3.05) is 24.4 Å².